The molecule has 0 radical (unpaired) electrons. The minimum Gasteiger partial charge on any atom is -0.357 e. The fraction of sp³-hybridized carbons (Fsp3) is 0.391. The minimum absolute atomic E-state index is 0.0876. The van der Waals surface area contributed by atoms with E-state index in [1.807, 2.05) is 38.1 Å². The number of aromatic amines is 1. The van der Waals surface area contributed by atoms with Crippen LogP contribution in [-0.4, -0.2) is 25.4 Å². The second-order valence-corrected chi connectivity index (χ2v) is 10.1. The highest BCUT2D eigenvalue weighted by Crippen LogP contribution is 2.33. The summed E-state index contributed by atoms with van der Waals surface area (Å²) in [6, 6.07) is 9.39. The maximum Gasteiger partial charge on any atom is 0.209 e. The molecule has 1 aliphatic carbocycles. The highest BCUT2D eigenvalue weighted by molar-refractivity contribution is 7.88. The largest absolute Gasteiger partial charge is 0.357 e. The Hall–Kier alpha value is -2.69. The Morgan fingerprint density at radius 2 is 2.03 bits per heavy atom. The van der Waals surface area contributed by atoms with Crippen molar-refractivity contribution in [2.24, 2.45) is 0 Å². The predicted octanol–water partition coefficient (Wildman–Crippen LogP) is 4.05. The molecule has 0 bridgehead atoms. The van der Waals surface area contributed by atoms with Gasteiger partial charge in [0.05, 0.1) is 23.1 Å². The Bertz CT molecular complexity index is 1130. The zero-order chi connectivity index (χ0) is 21.9. The van der Waals surface area contributed by atoms with E-state index in [0.717, 1.165) is 48.6 Å². The van der Waals surface area contributed by atoms with Crippen molar-refractivity contribution in [2.45, 2.75) is 51.5 Å². The molecule has 0 aliphatic heterocycles. The number of benzene rings is 1. The monoisotopic (exact) mass is 425 g/mol. The van der Waals surface area contributed by atoms with Crippen LogP contribution >= 0.6 is 0 Å². The number of nitrogens with zero attached hydrogens (tertiary/aromatic N) is 1. The molecule has 6 nitrogen and oxygen atoms in total. The standard InChI is InChI=1S/C23H27N3O3S/c1-23(2,26-30(3,28)29)19-10-9-18(20(13-19)17-7-5-4-6-8-17)12-22(27)21-11-16(14-24)15-25-21/h7,9-11,13,15,25-26H,4-6,8,12H2,1-3H3. The average molecular weight is 426 g/mol. The lowest BCUT2D eigenvalue weighted by Crippen LogP contribution is -2.40. The smallest absolute Gasteiger partial charge is 0.209 e. The molecule has 2 N–H and O–H groups in total. The van der Waals surface area contributed by atoms with Crippen molar-refractivity contribution in [1.29, 1.82) is 5.26 Å². The van der Waals surface area contributed by atoms with E-state index in [0.29, 0.717) is 11.3 Å². The van der Waals surface area contributed by atoms with Gasteiger partial charge < -0.3 is 4.98 Å². The highest BCUT2D eigenvalue weighted by Gasteiger charge is 2.26. The van der Waals surface area contributed by atoms with Crippen LogP contribution in [0.3, 0.4) is 0 Å². The Morgan fingerprint density at radius 1 is 1.27 bits per heavy atom. The Balaban J connectivity index is 1.99. The van der Waals surface area contributed by atoms with Crippen molar-refractivity contribution in [2.75, 3.05) is 6.26 Å². The number of aromatic nitrogens is 1. The molecule has 1 aromatic carbocycles. The highest BCUT2D eigenvalue weighted by atomic mass is 32.2. The number of carbonyl (C=O) groups excluding carboxylic acids is 1. The van der Waals surface area contributed by atoms with Gasteiger partial charge in [-0.3, -0.25) is 4.79 Å². The van der Waals surface area contributed by atoms with Gasteiger partial charge in [0.15, 0.2) is 5.78 Å². The van der Waals surface area contributed by atoms with Crippen LogP contribution in [0.2, 0.25) is 0 Å². The van der Waals surface area contributed by atoms with Crippen molar-refractivity contribution < 1.29 is 13.2 Å². The summed E-state index contributed by atoms with van der Waals surface area (Å²) in [7, 11) is -3.38. The zero-order valence-electron chi connectivity index (χ0n) is 17.6. The Labute approximate surface area is 178 Å². The molecule has 2 aromatic rings. The van der Waals surface area contributed by atoms with E-state index in [4.69, 9.17) is 5.26 Å². The van der Waals surface area contributed by atoms with Gasteiger partial charge in [0.25, 0.3) is 0 Å². The van der Waals surface area contributed by atoms with E-state index >= 15 is 0 Å². The average Bonchev–Trinajstić information content (AvgIpc) is 3.16. The number of hydrogen-bond donors (Lipinski definition) is 2. The zero-order valence-corrected chi connectivity index (χ0v) is 18.4. The molecule has 0 spiro atoms. The second kappa shape index (κ2) is 8.58. The molecule has 0 unspecified atom stereocenters. The summed E-state index contributed by atoms with van der Waals surface area (Å²) in [6.45, 7) is 3.66. The predicted molar refractivity (Wildman–Crippen MR) is 117 cm³/mol. The molecule has 0 saturated heterocycles. The van der Waals surface area contributed by atoms with Crippen LogP contribution in [0.4, 0.5) is 0 Å². The third-order valence-corrected chi connectivity index (χ3v) is 6.25. The number of nitriles is 1. The van der Waals surface area contributed by atoms with Gasteiger partial charge in [0.1, 0.15) is 6.07 Å². The van der Waals surface area contributed by atoms with Crippen LogP contribution in [0.5, 0.6) is 0 Å². The van der Waals surface area contributed by atoms with Gasteiger partial charge in [-0.15, -0.1) is 0 Å². The topological polar surface area (TPSA) is 103 Å². The summed E-state index contributed by atoms with van der Waals surface area (Å²) >= 11 is 0. The van der Waals surface area contributed by atoms with Crippen LogP contribution in [0.1, 0.15) is 72.3 Å². The van der Waals surface area contributed by atoms with E-state index in [9.17, 15) is 13.2 Å². The summed E-state index contributed by atoms with van der Waals surface area (Å²) in [5.74, 6) is -0.0876. The number of ketones is 1. The minimum atomic E-state index is -3.38. The first kappa shape index (κ1) is 22.0. The van der Waals surface area contributed by atoms with Gasteiger partial charge in [-0.2, -0.15) is 5.26 Å². The fourth-order valence-electron chi connectivity index (χ4n) is 3.91. The van der Waals surface area contributed by atoms with E-state index in [1.165, 1.54) is 11.8 Å². The number of carbonyl (C=O) groups is 1. The summed E-state index contributed by atoms with van der Waals surface area (Å²) in [5, 5.41) is 8.99. The molecule has 7 heteroatoms. The molecule has 1 aromatic heterocycles. The van der Waals surface area contributed by atoms with Crippen LogP contribution in [0.15, 0.2) is 36.5 Å². The third kappa shape index (κ3) is 5.26. The molecule has 0 atom stereocenters. The lowest BCUT2D eigenvalue weighted by molar-refractivity contribution is 0.0988. The van der Waals surface area contributed by atoms with Gasteiger partial charge in [0, 0.05) is 12.6 Å². The first-order chi connectivity index (χ1) is 14.1. The quantitative estimate of drug-likeness (QED) is 0.653. The van der Waals surface area contributed by atoms with Crippen LogP contribution in [0.25, 0.3) is 5.57 Å². The number of nitrogens with one attached hydrogen (secondary N) is 2. The molecule has 0 amide bonds. The molecule has 3 rings (SSSR count). The van der Waals surface area contributed by atoms with Gasteiger partial charge in [-0.05, 0) is 73.9 Å². The molecule has 30 heavy (non-hydrogen) atoms. The van der Waals surface area contributed by atoms with E-state index in [-0.39, 0.29) is 12.2 Å². The van der Waals surface area contributed by atoms with Gasteiger partial charge >= 0.3 is 0 Å². The van der Waals surface area contributed by atoms with E-state index in [2.05, 4.69) is 15.8 Å². The molecular formula is C23H27N3O3S. The summed E-state index contributed by atoms with van der Waals surface area (Å²) in [4.78, 5) is 15.7. The van der Waals surface area contributed by atoms with Gasteiger partial charge in [0.2, 0.25) is 10.0 Å². The van der Waals surface area contributed by atoms with Crippen LogP contribution in [-0.2, 0) is 22.0 Å². The van der Waals surface area contributed by atoms with Gasteiger partial charge in [-0.1, -0.05) is 18.2 Å². The lowest BCUT2D eigenvalue weighted by Gasteiger charge is -2.27. The van der Waals surface area contributed by atoms with Crippen molar-refractivity contribution >= 4 is 21.4 Å². The molecule has 1 aliphatic rings. The lowest BCUT2D eigenvalue weighted by atomic mass is 9.85. The number of Topliss-reactive ketones (excluding diaryl/α,β-unsaturated/α-hetero) is 1. The Kier molecular flexibility index (Phi) is 6.30. The second-order valence-electron chi connectivity index (χ2n) is 8.36. The fourth-order valence-corrected chi connectivity index (χ4v) is 4.96. The van der Waals surface area contributed by atoms with Crippen molar-refractivity contribution in [3.63, 3.8) is 0 Å². The maximum atomic E-state index is 12.8. The van der Waals surface area contributed by atoms with Crippen molar-refractivity contribution in [1.82, 2.24) is 9.71 Å². The van der Waals surface area contributed by atoms with Crippen molar-refractivity contribution in [3.8, 4) is 6.07 Å². The maximum absolute atomic E-state index is 12.8. The number of hydrogen-bond acceptors (Lipinski definition) is 4. The summed E-state index contributed by atoms with van der Waals surface area (Å²) in [6.07, 6.45) is 9.28. The number of rotatable bonds is 7. The van der Waals surface area contributed by atoms with Crippen LogP contribution < -0.4 is 4.72 Å². The SMILES string of the molecule is CC(C)(NS(C)(=O)=O)c1ccc(CC(=O)c2cc(C#N)c[nH]2)c(C2=CCCCC2)c1. The van der Waals surface area contributed by atoms with E-state index < -0.39 is 15.6 Å². The Morgan fingerprint density at radius 3 is 2.63 bits per heavy atom. The molecular weight excluding hydrogens is 398 g/mol. The first-order valence-corrected chi connectivity index (χ1v) is 11.9. The summed E-state index contributed by atoms with van der Waals surface area (Å²) in [5.41, 5.74) is 4.01. The number of H-pyrrole nitrogens is 1. The molecule has 158 valence electrons. The number of allylic oxidation sites excluding steroid dienone is 2. The van der Waals surface area contributed by atoms with Gasteiger partial charge in [-0.25, -0.2) is 13.1 Å². The molecule has 1 heterocycles. The molecule has 0 fully saturated rings. The first-order valence-electron chi connectivity index (χ1n) is 10.0. The van der Waals surface area contributed by atoms with Crippen LogP contribution in [0, 0.1) is 11.3 Å². The molecule has 0 saturated carbocycles. The third-order valence-electron chi connectivity index (χ3n) is 5.37. The normalized spacial score (nSPS) is 14.8. The summed E-state index contributed by atoms with van der Waals surface area (Å²) < 4.78 is 26.3. The number of sulfonamides is 1. The van der Waals surface area contributed by atoms with E-state index in [1.54, 1.807) is 6.07 Å². The van der Waals surface area contributed by atoms with Crippen molar-refractivity contribution in [3.05, 3.63) is 64.5 Å².